The molecule has 0 aliphatic carbocycles. The Morgan fingerprint density at radius 2 is 1.46 bits per heavy atom. The minimum Gasteiger partial charge on any atom is -0.508 e. The number of fused-ring (bicyclic) bond motifs is 1. The molecule has 0 bridgehead atoms. The van der Waals surface area contributed by atoms with Crippen LogP contribution >= 0.6 is 0 Å². The summed E-state index contributed by atoms with van der Waals surface area (Å²) < 4.78 is 5.13. The highest BCUT2D eigenvalue weighted by Gasteiger charge is 2.23. The Kier molecular flexibility index (Phi) is 4.28. The molecule has 0 saturated carbocycles. The molecule has 0 aliphatic heterocycles. The van der Waals surface area contributed by atoms with Crippen LogP contribution in [-0.4, -0.2) is 33.2 Å². The lowest BCUT2D eigenvalue weighted by molar-refractivity contribution is 0.0654. The Morgan fingerprint density at radius 1 is 0.808 bits per heavy atom. The first-order valence-corrected chi connectivity index (χ1v) is 7.42. The Morgan fingerprint density at radius 3 is 2.15 bits per heavy atom. The molecule has 0 heterocycles. The molecule has 0 radical (unpaired) electrons. The third-order valence-corrected chi connectivity index (χ3v) is 3.76. The maximum atomic E-state index is 12.7. The Bertz CT molecular complexity index is 1050. The van der Waals surface area contributed by atoms with Crippen LogP contribution < -0.4 is 4.74 Å². The monoisotopic (exact) mass is 352 g/mol. The van der Waals surface area contributed by atoms with E-state index in [1.807, 2.05) is 0 Å². The van der Waals surface area contributed by atoms with Crippen molar-refractivity contribution in [2.75, 3.05) is 0 Å². The molecule has 0 unspecified atom stereocenters. The Labute approximate surface area is 146 Å². The number of carbonyl (C=O) groups is 3. The van der Waals surface area contributed by atoms with E-state index in [2.05, 4.69) is 0 Å². The topological polar surface area (TPSA) is 121 Å². The normalized spacial score (nSPS) is 10.5. The molecule has 7 heteroatoms. The molecule has 0 atom stereocenters. The number of benzene rings is 3. The van der Waals surface area contributed by atoms with Crippen molar-refractivity contribution in [3.05, 3.63) is 71.3 Å². The fourth-order valence-corrected chi connectivity index (χ4v) is 2.59. The van der Waals surface area contributed by atoms with Gasteiger partial charge < -0.3 is 20.1 Å². The van der Waals surface area contributed by atoms with Gasteiger partial charge in [-0.1, -0.05) is 30.3 Å². The van der Waals surface area contributed by atoms with E-state index < -0.39 is 17.9 Å². The van der Waals surface area contributed by atoms with Crippen LogP contribution in [0.25, 0.3) is 10.8 Å². The summed E-state index contributed by atoms with van der Waals surface area (Å²) in [5.41, 5.74) is -0.811. The zero-order chi connectivity index (χ0) is 18.8. The molecule has 3 rings (SSSR count). The summed E-state index contributed by atoms with van der Waals surface area (Å²) in [5, 5.41) is 29.1. The molecule has 3 aromatic rings. The smallest absolute Gasteiger partial charge is 0.345 e. The highest BCUT2D eigenvalue weighted by Crippen LogP contribution is 2.28. The summed E-state index contributed by atoms with van der Waals surface area (Å²) in [7, 11) is 0. The number of rotatable bonds is 4. The van der Waals surface area contributed by atoms with Crippen LogP contribution in [-0.2, 0) is 0 Å². The molecule has 0 fully saturated rings. The highest BCUT2D eigenvalue weighted by atomic mass is 16.5. The van der Waals surface area contributed by atoms with Gasteiger partial charge in [-0.05, 0) is 29.0 Å². The summed E-state index contributed by atoms with van der Waals surface area (Å²) in [6.07, 6.45) is 0. The zero-order valence-corrected chi connectivity index (χ0v) is 13.2. The van der Waals surface area contributed by atoms with Crippen LogP contribution in [0.1, 0.15) is 31.1 Å². The summed E-state index contributed by atoms with van der Waals surface area (Å²) in [6, 6.07) is 12.7. The van der Waals surface area contributed by atoms with E-state index in [1.165, 1.54) is 6.07 Å². The first-order valence-electron chi connectivity index (χ1n) is 7.42. The van der Waals surface area contributed by atoms with Crippen LogP contribution in [0.4, 0.5) is 0 Å². The van der Waals surface area contributed by atoms with E-state index in [4.69, 9.17) is 4.74 Å². The van der Waals surface area contributed by atoms with Gasteiger partial charge in [-0.2, -0.15) is 0 Å². The Balaban J connectivity index is 2.14. The lowest BCUT2D eigenvalue weighted by atomic mass is 9.99. The number of ether oxygens (including phenoxy) is 1. The predicted molar refractivity (Wildman–Crippen MR) is 90.9 cm³/mol. The average molecular weight is 352 g/mol. The lowest BCUT2D eigenvalue weighted by Crippen LogP contribution is -2.16. The van der Waals surface area contributed by atoms with Crippen LogP contribution in [0.15, 0.2) is 54.6 Å². The van der Waals surface area contributed by atoms with E-state index in [-0.39, 0.29) is 28.2 Å². The minimum absolute atomic E-state index is 0.199. The molecular weight excluding hydrogens is 340 g/mol. The number of hydrogen-bond acceptors (Lipinski definition) is 5. The Hall–Kier alpha value is -3.87. The van der Waals surface area contributed by atoms with Crippen LogP contribution in [0, 0.1) is 0 Å². The van der Waals surface area contributed by atoms with Crippen molar-refractivity contribution < 1.29 is 34.4 Å². The largest absolute Gasteiger partial charge is 0.508 e. The lowest BCUT2D eigenvalue weighted by Gasteiger charge is -2.12. The number of carbonyl (C=O) groups excluding carboxylic acids is 1. The van der Waals surface area contributed by atoms with Gasteiger partial charge in [0.1, 0.15) is 17.1 Å². The summed E-state index contributed by atoms with van der Waals surface area (Å²) in [4.78, 5) is 35.5. The van der Waals surface area contributed by atoms with Gasteiger partial charge >= 0.3 is 17.9 Å². The number of carboxylic acids is 2. The molecule has 3 aromatic carbocycles. The van der Waals surface area contributed by atoms with Crippen molar-refractivity contribution in [2.24, 2.45) is 0 Å². The van der Waals surface area contributed by atoms with Crippen molar-refractivity contribution >= 4 is 28.7 Å². The zero-order valence-electron chi connectivity index (χ0n) is 13.2. The standard InChI is InChI=1S/C19H12O7/c20-11-6-8-13(17(21)22)15(9-11)26-19(25)16-12-4-2-1-3-10(12)5-7-14(16)18(23)24/h1-9,20H,(H,21,22)(H,23,24). The summed E-state index contributed by atoms with van der Waals surface area (Å²) >= 11 is 0. The highest BCUT2D eigenvalue weighted by molar-refractivity contribution is 6.13. The van der Waals surface area contributed by atoms with Crippen LogP contribution in [0.5, 0.6) is 11.5 Å². The van der Waals surface area contributed by atoms with Gasteiger partial charge in [-0.3, -0.25) is 0 Å². The van der Waals surface area contributed by atoms with Gasteiger partial charge in [0, 0.05) is 6.07 Å². The SMILES string of the molecule is O=C(O)c1ccc(O)cc1OC(=O)c1c(C(=O)O)ccc2ccccc12. The fraction of sp³-hybridized carbons (Fsp3) is 0. The molecular formula is C19H12O7. The quantitative estimate of drug-likeness (QED) is 0.487. The molecule has 0 spiro atoms. The van der Waals surface area contributed by atoms with E-state index in [9.17, 15) is 29.7 Å². The molecule has 0 amide bonds. The van der Waals surface area contributed by atoms with Crippen molar-refractivity contribution in [3.63, 3.8) is 0 Å². The fourth-order valence-electron chi connectivity index (χ4n) is 2.59. The van der Waals surface area contributed by atoms with Gasteiger partial charge in [-0.15, -0.1) is 0 Å². The molecule has 130 valence electrons. The number of phenols is 1. The van der Waals surface area contributed by atoms with Crippen molar-refractivity contribution in [1.82, 2.24) is 0 Å². The van der Waals surface area contributed by atoms with Crippen molar-refractivity contribution in [1.29, 1.82) is 0 Å². The van der Waals surface area contributed by atoms with Crippen molar-refractivity contribution in [2.45, 2.75) is 0 Å². The molecule has 26 heavy (non-hydrogen) atoms. The van der Waals surface area contributed by atoms with E-state index in [0.29, 0.717) is 10.8 Å². The predicted octanol–water partition coefficient (Wildman–Crippen LogP) is 3.16. The maximum Gasteiger partial charge on any atom is 0.345 e. The van der Waals surface area contributed by atoms with Gasteiger partial charge in [0.25, 0.3) is 0 Å². The minimum atomic E-state index is -1.36. The second-order valence-corrected chi connectivity index (χ2v) is 5.39. The molecule has 0 saturated heterocycles. The molecule has 0 aliphatic rings. The second kappa shape index (κ2) is 6.56. The number of hydrogen-bond donors (Lipinski definition) is 3. The second-order valence-electron chi connectivity index (χ2n) is 5.39. The maximum absolute atomic E-state index is 12.7. The molecule has 0 aromatic heterocycles. The van der Waals surface area contributed by atoms with Gasteiger partial charge in [0.2, 0.25) is 0 Å². The van der Waals surface area contributed by atoms with Gasteiger partial charge in [-0.25, -0.2) is 14.4 Å². The number of phenolic OH excluding ortho intramolecular Hbond substituents is 1. The van der Waals surface area contributed by atoms with E-state index in [1.54, 1.807) is 30.3 Å². The first kappa shape index (κ1) is 17.0. The third-order valence-electron chi connectivity index (χ3n) is 3.76. The van der Waals surface area contributed by atoms with Gasteiger partial charge in [0.15, 0.2) is 0 Å². The summed E-state index contributed by atoms with van der Waals surface area (Å²) in [5.74, 6) is -4.39. The number of aromatic hydroxyl groups is 1. The third kappa shape index (κ3) is 3.05. The summed E-state index contributed by atoms with van der Waals surface area (Å²) in [6.45, 7) is 0. The first-order chi connectivity index (χ1) is 12.4. The molecule has 7 nitrogen and oxygen atoms in total. The number of esters is 1. The van der Waals surface area contributed by atoms with Gasteiger partial charge in [0.05, 0.1) is 11.1 Å². The van der Waals surface area contributed by atoms with Crippen molar-refractivity contribution in [3.8, 4) is 11.5 Å². The van der Waals surface area contributed by atoms with E-state index in [0.717, 1.165) is 18.2 Å². The number of aromatic carboxylic acids is 2. The molecule has 3 N–H and O–H groups in total. The van der Waals surface area contributed by atoms with E-state index >= 15 is 0 Å². The van der Waals surface area contributed by atoms with Crippen LogP contribution in [0.3, 0.4) is 0 Å². The average Bonchev–Trinajstić information content (AvgIpc) is 2.60. The van der Waals surface area contributed by atoms with Crippen LogP contribution in [0.2, 0.25) is 0 Å². The number of carboxylic acid groups (broad SMARTS) is 2.